The average molecular weight is 265 g/mol. The summed E-state index contributed by atoms with van der Waals surface area (Å²) in [5, 5.41) is 0. The summed E-state index contributed by atoms with van der Waals surface area (Å²) < 4.78 is 11.1. The van der Waals surface area contributed by atoms with Gasteiger partial charge in [-0.25, -0.2) is 0 Å². The number of anilines is 2. The summed E-state index contributed by atoms with van der Waals surface area (Å²) in [5.74, 6) is 0.799. The molecule has 0 amide bonds. The fourth-order valence-electron chi connectivity index (χ4n) is 2.47. The van der Waals surface area contributed by atoms with Gasteiger partial charge < -0.3 is 20.1 Å². The number of hydrogen-bond donors (Lipinski definition) is 1. The van der Waals surface area contributed by atoms with Gasteiger partial charge in [0.15, 0.2) is 0 Å². The molecule has 1 aliphatic heterocycles. The molecule has 0 spiro atoms. The minimum Gasteiger partial charge on any atom is -0.460 e. The van der Waals surface area contributed by atoms with Gasteiger partial charge in [0, 0.05) is 13.1 Å². The number of nitrogens with two attached hydrogens (primary N) is 1. The van der Waals surface area contributed by atoms with Gasteiger partial charge in [-0.15, -0.1) is 0 Å². The summed E-state index contributed by atoms with van der Waals surface area (Å²) in [7, 11) is 0. The van der Waals surface area contributed by atoms with Crippen LogP contribution in [0.4, 0.5) is 11.9 Å². The molecule has 19 heavy (non-hydrogen) atoms. The topological polar surface area (TPSA) is 86.4 Å². The van der Waals surface area contributed by atoms with Crippen molar-refractivity contribution in [1.82, 2.24) is 15.0 Å². The summed E-state index contributed by atoms with van der Waals surface area (Å²) in [6.45, 7) is 2.91. The Morgan fingerprint density at radius 2 is 1.84 bits per heavy atom. The van der Waals surface area contributed by atoms with Gasteiger partial charge in [-0.05, 0) is 25.7 Å². The molecule has 7 heteroatoms. The third-order valence-corrected chi connectivity index (χ3v) is 3.49. The number of nitrogens with zero attached hydrogens (tertiary/aromatic N) is 4. The van der Waals surface area contributed by atoms with Crippen LogP contribution in [-0.4, -0.2) is 47.4 Å². The van der Waals surface area contributed by atoms with E-state index in [0.29, 0.717) is 25.2 Å². The average Bonchev–Trinajstić information content (AvgIpc) is 2.92. The van der Waals surface area contributed by atoms with Gasteiger partial charge in [0.25, 0.3) is 0 Å². The molecule has 1 aromatic rings. The maximum Gasteiger partial charge on any atom is 0.323 e. The van der Waals surface area contributed by atoms with E-state index < -0.39 is 0 Å². The van der Waals surface area contributed by atoms with Crippen LogP contribution >= 0.6 is 0 Å². The lowest BCUT2D eigenvalue weighted by Crippen LogP contribution is -2.37. The van der Waals surface area contributed by atoms with Gasteiger partial charge in [0.2, 0.25) is 11.9 Å². The zero-order valence-electron chi connectivity index (χ0n) is 10.9. The van der Waals surface area contributed by atoms with Gasteiger partial charge >= 0.3 is 6.01 Å². The summed E-state index contributed by atoms with van der Waals surface area (Å²) >= 11 is 0. The predicted octanol–water partition coefficient (Wildman–Crippen LogP) is 0.612. The Kier molecular flexibility index (Phi) is 3.63. The molecule has 2 aliphatic rings. The van der Waals surface area contributed by atoms with Crippen molar-refractivity contribution in [2.24, 2.45) is 0 Å². The molecular weight excluding hydrogens is 246 g/mol. The standard InChI is InChI=1S/C12H19N5O2/c13-10-14-11(17-5-7-18-8-6-17)16-12(15-10)19-9-3-1-2-4-9/h9H,1-8H2,(H2,13,14,15,16). The summed E-state index contributed by atoms with van der Waals surface area (Å²) in [4.78, 5) is 14.7. The second-order valence-corrected chi connectivity index (χ2v) is 4.90. The third kappa shape index (κ3) is 3.04. The van der Waals surface area contributed by atoms with Crippen LogP contribution in [0.25, 0.3) is 0 Å². The predicted molar refractivity (Wildman–Crippen MR) is 70.2 cm³/mol. The van der Waals surface area contributed by atoms with Crippen LogP contribution < -0.4 is 15.4 Å². The smallest absolute Gasteiger partial charge is 0.323 e. The fourth-order valence-corrected chi connectivity index (χ4v) is 2.47. The second kappa shape index (κ2) is 5.56. The zero-order valence-corrected chi connectivity index (χ0v) is 10.9. The molecule has 1 aromatic heterocycles. The number of rotatable bonds is 3. The molecule has 2 fully saturated rings. The number of nitrogen functional groups attached to an aromatic ring is 1. The normalized spacial score (nSPS) is 20.7. The molecule has 0 bridgehead atoms. The van der Waals surface area contributed by atoms with E-state index >= 15 is 0 Å². The second-order valence-electron chi connectivity index (χ2n) is 4.90. The number of hydrogen-bond acceptors (Lipinski definition) is 7. The Labute approximate surface area is 112 Å². The van der Waals surface area contributed by atoms with Crippen LogP contribution in [0.3, 0.4) is 0 Å². The van der Waals surface area contributed by atoms with Crippen molar-refractivity contribution in [2.45, 2.75) is 31.8 Å². The molecule has 0 unspecified atom stereocenters. The van der Waals surface area contributed by atoms with Crippen LogP contribution in [0.1, 0.15) is 25.7 Å². The van der Waals surface area contributed by atoms with E-state index in [-0.39, 0.29) is 12.1 Å². The third-order valence-electron chi connectivity index (χ3n) is 3.49. The molecule has 1 saturated carbocycles. The van der Waals surface area contributed by atoms with Crippen molar-refractivity contribution < 1.29 is 9.47 Å². The first kappa shape index (κ1) is 12.4. The molecule has 1 aliphatic carbocycles. The van der Waals surface area contributed by atoms with E-state index in [9.17, 15) is 0 Å². The number of morpholine rings is 1. The van der Waals surface area contributed by atoms with Crippen LogP contribution in [0.15, 0.2) is 0 Å². The van der Waals surface area contributed by atoms with Crippen LogP contribution in [-0.2, 0) is 4.74 Å². The van der Waals surface area contributed by atoms with Crippen molar-refractivity contribution in [2.75, 3.05) is 36.9 Å². The molecule has 0 aromatic carbocycles. The van der Waals surface area contributed by atoms with E-state index in [1.807, 2.05) is 4.90 Å². The van der Waals surface area contributed by atoms with Crippen molar-refractivity contribution in [3.63, 3.8) is 0 Å². The van der Waals surface area contributed by atoms with Crippen molar-refractivity contribution in [3.8, 4) is 6.01 Å². The first-order chi connectivity index (χ1) is 9.31. The highest BCUT2D eigenvalue weighted by atomic mass is 16.5. The van der Waals surface area contributed by atoms with E-state index in [1.54, 1.807) is 0 Å². The Morgan fingerprint density at radius 1 is 1.11 bits per heavy atom. The number of ether oxygens (including phenoxy) is 2. The first-order valence-electron chi connectivity index (χ1n) is 6.82. The van der Waals surface area contributed by atoms with Crippen LogP contribution in [0.2, 0.25) is 0 Å². The van der Waals surface area contributed by atoms with Gasteiger partial charge in [-0.2, -0.15) is 15.0 Å². The largest absolute Gasteiger partial charge is 0.460 e. The fraction of sp³-hybridized carbons (Fsp3) is 0.750. The molecule has 2 N–H and O–H groups in total. The lowest BCUT2D eigenvalue weighted by atomic mass is 10.3. The molecule has 0 atom stereocenters. The quantitative estimate of drug-likeness (QED) is 0.856. The maximum absolute atomic E-state index is 5.79. The zero-order chi connectivity index (χ0) is 13.1. The van der Waals surface area contributed by atoms with Gasteiger partial charge in [0.05, 0.1) is 13.2 Å². The van der Waals surface area contributed by atoms with Gasteiger partial charge in [-0.1, -0.05) is 0 Å². The minimum absolute atomic E-state index is 0.212. The van der Waals surface area contributed by atoms with Gasteiger partial charge in [0.1, 0.15) is 6.10 Å². The maximum atomic E-state index is 5.79. The SMILES string of the molecule is Nc1nc(OC2CCCC2)nc(N2CCOCC2)n1. The molecule has 2 heterocycles. The highest BCUT2D eigenvalue weighted by Crippen LogP contribution is 2.23. The lowest BCUT2D eigenvalue weighted by Gasteiger charge is -2.26. The highest BCUT2D eigenvalue weighted by molar-refractivity contribution is 5.36. The van der Waals surface area contributed by atoms with E-state index in [1.165, 1.54) is 12.8 Å². The summed E-state index contributed by atoms with van der Waals surface area (Å²) in [6, 6.07) is 0.348. The first-order valence-corrected chi connectivity index (χ1v) is 6.82. The van der Waals surface area contributed by atoms with E-state index in [0.717, 1.165) is 25.9 Å². The molecular formula is C12H19N5O2. The molecule has 104 valence electrons. The number of aromatic nitrogens is 3. The Bertz CT molecular complexity index is 430. The summed E-state index contributed by atoms with van der Waals surface area (Å²) in [5.41, 5.74) is 5.74. The molecule has 3 rings (SSSR count). The van der Waals surface area contributed by atoms with Gasteiger partial charge in [-0.3, -0.25) is 0 Å². The molecule has 1 saturated heterocycles. The van der Waals surface area contributed by atoms with Crippen molar-refractivity contribution in [1.29, 1.82) is 0 Å². The monoisotopic (exact) mass is 265 g/mol. The van der Waals surface area contributed by atoms with Crippen LogP contribution in [0.5, 0.6) is 6.01 Å². The highest BCUT2D eigenvalue weighted by Gasteiger charge is 2.20. The minimum atomic E-state index is 0.212. The van der Waals surface area contributed by atoms with Crippen LogP contribution in [0, 0.1) is 0 Å². The van der Waals surface area contributed by atoms with E-state index in [4.69, 9.17) is 15.2 Å². The van der Waals surface area contributed by atoms with Crippen molar-refractivity contribution >= 4 is 11.9 Å². The lowest BCUT2D eigenvalue weighted by molar-refractivity contribution is 0.121. The Balaban J connectivity index is 1.74. The Morgan fingerprint density at radius 3 is 2.58 bits per heavy atom. The Hall–Kier alpha value is -1.63. The molecule has 7 nitrogen and oxygen atoms in total. The summed E-state index contributed by atoms with van der Waals surface area (Å²) in [6.07, 6.45) is 4.78. The van der Waals surface area contributed by atoms with Crippen molar-refractivity contribution in [3.05, 3.63) is 0 Å². The van der Waals surface area contributed by atoms with E-state index in [2.05, 4.69) is 15.0 Å². The molecule has 0 radical (unpaired) electrons.